The van der Waals surface area contributed by atoms with E-state index in [4.69, 9.17) is 9.47 Å². The van der Waals surface area contributed by atoms with E-state index in [-0.39, 0.29) is 32.1 Å². The van der Waals surface area contributed by atoms with Crippen LogP contribution in [0.25, 0.3) is 0 Å². The first-order valence-electron chi connectivity index (χ1n) is 9.20. The second-order valence-corrected chi connectivity index (χ2v) is 7.14. The molecule has 0 atom stereocenters. The van der Waals surface area contributed by atoms with Crippen molar-refractivity contribution in [1.82, 2.24) is 4.90 Å². The van der Waals surface area contributed by atoms with E-state index in [2.05, 4.69) is 5.32 Å². The number of anilines is 1. The molecule has 8 heteroatoms. The zero-order valence-corrected chi connectivity index (χ0v) is 15.3. The van der Waals surface area contributed by atoms with Gasteiger partial charge in [0.1, 0.15) is 11.2 Å². The van der Waals surface area contributed by atoms with Crippen LogP contribution < -0.4 is 10.1 Å². The average molecular weight is 386 g/mol. The SMILES string of the molecule is COc1cccc(NC2CCN(C(=O)C3(C(F)(F)F)CCOCC3)CC2)c1. The average Bonchev–Trinajstić information content (AvgIpc) is 2.68. The first-order valence-corrected chi connectivity index (χ1v) is 9.20. The predicted octanol–water partition coefficient (Wildman–Crippen LogP) is 3.46. The predicted molar refractivity (Wildman–Crippen MR) is 94.8 cm³/mol. The fraction of sp³-hybridized carbons (Fsp3) is 0.632. The number of alkyl halides is 3. The Hall–Kier alpha value is -1.96. The number of carbonyl (C=O) groups excluding carboxylic acids is 1. The maximum atomic E-state index is 13.7. The van der Waals surface area contributed by atoms with Crippen LogP contribution in [0.4, 0.5) is 18.9 Å². The Labute approximate surface area is 156 Å². The van der Waals surface area contributed by atoms with Crippen molar-refractivity contribution in [3.8, 4) is 5.75 Å². The fourth-order valence-corrected chi connectivity index (χ4v) is 3.82. The summed E-state index contributed by atoms with van der Waals surface area (Å²) in [6.07, 6.45) is -3.93. The van der Waals surface area contributed by atoms with Gasteiger partial charge in [-0.1, -0.05) is 6.07 Å². The van der Waals surface area contributed by atoms with Crippen molar-refractivity contribution in [3.63, 3.8) is 0 Å². The van der Waals surface area contributed by atoms with Crippen molar-refractivity contribution in [2.24, 2.45) is 5.41 Å². The Morgan fingerprint density at radius 2 is 1.93 bits per heavy atom. The Kier molecular flexibility index (Phi) is 5.83. The molecule has 2 aliphatic rings. The van der Waals surface area contributed by atoms with Crippen LogP contribution in [0.3, 0.4) is 0 Å². The van der Waals surface area contributed by atoms with E-state index in [1.54, 1.807) is 7.11 Å². The number of hydrogen-bond acceptors (Lipinski definition) is 4. The van der Waals surface area contributed by atoms with E-state index in [1.807, 2.05) is 24.3 Å². The molecular weight excluding hydrogens is 361 g/mol. The molecule has 0 spiro atoms. The summed E-state index contributed by atoms with van der Waals surface area (Å²) < 4.78 is 51.4. The highest BCUT2D eigenvalue weighted by molar-refractivity contribution is 5.84. The molecule has 0 radical (unpaired) electrons. The normalized spacial score (nSPS) is 21.0. The molecule has 0 saturated carbocycles. The highest BCUT2D eigenvalue weighted by Gasteiger charge is 2.61. The number of benzene rings is 1. The van der Waals surface area contributed by atoms with Gasteiger partial charge >= 0.3 is 6.18 Å². The summed E-state index contributed by atoms with van der Waals surface area (Å²) in [6, 6.07) is 7.62. The lowest BCUT2D eigenvalue weighted by molar-refractivity contribution is -0.245. The number of amides is 1. The summed E-state index contributed by atoms with van der Waals surface area (Å²) in [5.74, 6) is -0.0580. The molecule has 1 aromatic rings. The molecule has 150 valence electrons. The second kappa shape index (κ2) is 7.96. The van der Waals surface area contributed by atoms with E-state index in [0.29, 0.717) is 25.9 Å². The van der Waals surface area contributed by atoms with Crippen LogP contribution in [0.2, 0.25) is 0 Å². The Morgan fingerprint density at radius 1 is 1.26 bits per heavy atom. The molecule has 2 saturated heterocycles. The number of halogens is 3. The fourth-order valence-electron chi connectivity index (χ4n) is 3.82. The van der Waals surface area contributed by atoms with Crippen LogP contribution in [0.15, 0.2) is 24.3 Å². The lowest BCUT2D eigenvalue weighted by atomic mass is 9.77. The minimum Gasteiger partial charge on any atom is -0.497 e. The molecule has 1 amide bonds. The lowest BCUT2D eigenvalue weighted by Crippen LogP contribution is -2.56. The smallest absolute Gasteiger partial charge is 0.403 e. The van der Waals surface area contributed by atoms with Gasteiger partial charge in [0.2, 0.25) is 5.91 Å². The van der Waals surface area contributed by atoms with Crippen LogP contribution >= 0.6 is 0 Å². The standard InChI is InChI=1S/C19H25F3N2O3/c1-26-16-4-2-3-15(13-16)23-14-5-9-24(10-6-14)17(25)18(19(20,21)22)7-11-27-12-8-18/h2-4,13-14,23H,5-12H2,1H3. The topological polar surface area (TPSA) is 50.8 Å². The first kappa shape index (κ1) is 19.8. The van der Waals surface area contributed by atoms with E-state index in [1.165, 1.54) is 4.90 Å². The molecule has 0 aromatic heterocycles. The highest BCUT2D eigenvalue weighted by atomic mass is 19.4. The largest absolute Gasteiger partial charge is 0.497 e. The van der Waals surface area contributed by atoms with Crippen molar-refractivity contribution < 1.29 is 27.4 Å². The third kappa shape index (κ3) is 4.15. The lowest BCUT2D eigenvalue weighted by Gasteiger charge is -2.42. The molecule has 2 heterocycles. The first-order chi connectivity index (χ1) is 12.9. The molecule has 27 heavy (non-hydrogen) atoms. The Morgan fingerprint density at radius 3 is 2.52 bits per heavy atom. The van der Waals surface area contributed by atoms with Gasteiger partial charge in [0.15, 0.2) is 0 Å². The van der Waals surface area contributed by atoms with Gasteiger partial charge in [0.25, 0.3) is 0 Å². The number of likely N-dealkylation sites (tertiary alicyclic amines) is 1. The van der Waals surface area contributed by atoms with Gasteiger partial charge in [-0.15, -0.1) is 0 Å². The molecule has 0 bridgehead atoms. The van der Waals surface area contributed by atoms with Gasteiger partial charge in [-0.25, -0.2) is 0 Å². The van der Waals surface area contributed by atoms with Crippen molar-refractivity contribution >= 4 is 11.6 Å². The van der Waals surface area contributed by atoms with Crippen LogP contribution in [0, 0.1) is 5.41 Å². The van der Waals surface area contributed by atoms with E-state index in [0.717, 1.165) is 11.4 Å². The maximum Gasteiger partial charge on any atom is 0.403 e. The summed E-state index contributed by atoms with van der Waals surface area (Å²) in [6.45, 7) is 0.580. The van der Waals surface area contributed by atoms with E-state index >= 15 is 0 Å². The second-order valence-electron chi connectivity index (χ2n) is 7.14. The van der Waals surface area contributed by atoms with Gasteiger partial charge in [-0.05, 0) is 37.8 Å². The summed E-state index contributed by atoms with van der Waals surface area (Å²) >= 11 is 0. The van der Waals surface area contributed by atoms with Gasteiger partial charge in [-0.3, -0.25) is 4.79 Å². The summed E-state index contributed by atoms with van der Waals surface area (Å²) in [5.41, 5.74) is -1.39. The van der Waals surface area contributed by atoms with Crippen molar-refractivity contribution in [1.29, 1.82) is 0 Å². The van der Waals surface area contributed by atoms with E-state index in [9.17, 15) is 18.0 Å². The van der Waals surface area contributed by atoms with Crippen LogP contribution in [0.1, 0.15) is 25.7 Å². The number of methoxy groups -OCH3 is 1. The van der Waals surface area contributed by atoms with Crippen LogP contribution in [-0.2, 0) is 9.53 Å². The molecule has 0 aliphatic carbocycles. The molecular formula is C19H25F3N2O3. The van der Waals surface area contributed by atoms with E-state index < -0.39 is 17.5 Å². The molecule has 3 rings (SSSR count). The number of nitrogens with zero attached hydrogens (tertiary/aromatic N) is 1. The van der Waals surface area contributed by atoms with Crippen molar-refractivity contribution in [3.05, 3.63) is 24.3 Å². The molecule has 2 aliphatic heterocycles. The van der Waals surface area contributed by atoms with Crippen LogP contribution in [0.5, 0.6) is 5.75 Å². The number of nitrogens with one attached hydrogen (secondary N) is 1. The van der Waals surface area contributed by atoms with Crippen LogP contribution in [-0.4, -0.2) is 56.4 Å². The molecule has 0 unspecified atom stereocenters. The monoisotopic (exact) mass is 386 g/mol. The zero-order chi connectivity index (χ0) is 19.5. The summed E-state index contributed by atoms with van der Waals surface area (Å²) in [4.78, 5) is 14.2. The third-order valence-corrected chi connectivity index (χ3v) is 5.52. The maximum absolute atomic E-state index is 13.7. The minimum atomic E-state index is -4.55. The minimum absolute atomic E-state index is 0.0287. The number of ether oxygens (including phenoxy) is 2. The molecule has 2 fully saturated rings. The molecule has 1 aromatic carbocycles. The van der Waals surface area contributed by atoms with Crippen molar-refractivity contribution in [2.75, 3.05) is 38.7 Å². The summed E-state index contributed by atoms with van der Waals surface area (Å²) in [5, 5.41) is 3.37. The van der Waals surface area contributed by atoms with Gasteiger partial charge < -0.3 is 19.7 Å². The molecule has 1 N–H and O–H groups in total. The van der Waals surface area contributed by atoms with Gasteiger partial charge in [-0.2, -0.15) is 13.2 Å². The van der Waals surface area contributed by atoms with Gasteiger partial charge in [0.05, 0.1) is 7.11 Å². The zero-order valence-electron chi connectivity index (χ0n) is 15.3. The Balaban J connectivity index is 1.61. The number of hydrogen-bond donors (Lipinski definition) is 1. The number of carbonyl (C=O) groups is 1. The van der Waals surface area contributed by atoms with Crippen molar-refractivity contribution in [2.45, 2.75) is 37.9 Å². The highest BCUT2D eigenvalue weighted by Crippen LogP contribution is 2.47. The Bertz CT molecular complexity index is 652. The summed E-state index contributed by atoms with van der Waals surface area (Å²) in [7, 11) is 1.59. The molecule has 5 nitrogen and oxygen atoms in total. The number of piperidine rings is 1. The van der Waals surface area contributed by atoms with Gasteiger partial charge in [0, 0.05) is 44.1 Å². The number of rotatable bonds is 4. The quantitative estimate of drug-likeness (QED) is 0.861. The third-order valence-electron chi connectivity index (χ3n) is 5.52.